The van der Waals surface area contributed by atoms with Crippen LogP contribution < -0.4 is 5.32 Å². The summed E-state index contributed by atoms with van der Waals surface area (Å²) in [5, 5.41) is 12.8. The lowest BCUT2D eigenvalue weighted by molar-refractivity contribution is -0.139. The number of aliphatic carboxylic acids is 1. The molecule has 31 heavy (non-hydrogen) atoms. The summed E-state index contributed by atoms with van der Waals surface area (Å²) in [7, 11) is 0. The number of carboxylic acids is 1. The van der Waals surface area contributed by atoms with Crippen LogP contribution in [0.4, 0.5) is 4.79 Å². The lowest BCUT2D eigenvalue weighted by Crippen LogP contribution is -2.43. The van der Waals surface area contributed by atoms with Crippen LogP contribution in [0, 0.1) is 0 Å². The SMILES string of the molecule is O=C(N[C@H](Cc1cc(Cl)ccc1Cl)C(=O)O)OCC1c2ccccc2-c2ccccc21. The molecule has 0 heterocycles. The van der Waals surface area contributed by atoms with Gasteiger partial charge in [0.05, 0.1) is 0 Å². The standard InChI is InChI=1S/C24H19Cl2NO4/c25-15-9-10-21(26)14(11-15)12-22(23(28)29)27-24(30)31-13-20-18-7-3-1-5-16(18)17-6-2-4-8-19(17)20/h1-11,20,22H,12-13H2,(H,27,30)(H,28,29)/t22-/m1/s1. The van der Waals surface area contributed by atoms with Crippen molar-refractivity contribution in [3.05, 3.63) is 93.5 Å². The first kappa shape index (κ1) is 21.2. The molecule has 5 nitrogen and oxygen atoms in total. The molecular weight excluding hydrogens is 437 g/mol. The van der Waals surface area contributed by atoms with Gasteiger partial charge in [-0.3, -0.25) is 0 Å². The van der Waals surface area contributed by atoms with E-state index in [1.165, 1.54) is 0 Å². The lowest BCUT2D eigenvalue weighted by atomic mass is 9.98. The van der Waals surface area contributed by atoms with Crippen LogP contribution in [0.15, 0.2) is 66.7 Å². The number of hydrogen-bond donors (Lipinski definition) is 2. The fourth-order valence-corrected chi connectivity index (χ4v) is 4.29. The summed E-state index contributed by atoms with van der Waals surface area (Å²) in [5.74, 6) is -1.30. The third-order valence-electron chi connectivity index (χ3n) is 5.37. The molecular formula is C24H19Cl2NO4. The fourth-order valence-electron chi connectivity index (χ4n) is 3.90. The van der Waals surface area contributed by atoms with Gasteiger partial charge in [0.25, 0.3) is 0 Å². The summed E-state index contributed by atoms with van der Waals surface area (Å²) in [6.07, 6.45) is -0.814. The highest BCUT2D eigenvalue weighted by atomic mass is 35.5. The fraction of sp³-hybridized carbons (Fsp3) is 0.167. The quantitative estimate of drug-likeness (QED) is 0.512. The zero-order valence-electron chi connectivity index (χ0n) is 16.3. The predicted octanol–water partition coefficient (Wildman–Crippen LogP) is 5.53. The van der Waals surface area contributed by atoms with Crippen molar-refractivity contribution in [2.75, 3.05) is 6.61 Å². The van der Waals surface area contributed by atoms with E-state index in [1.807, 2.05) is 48.5 Å². The van der Waals surface area contributed by atoms with Crippen LogP contribution in [-0.2, 0) is 16.0 Å². The van der Waals surface area contributed by atoms with Gasteiger partial charge < -0.3 is 15.2 Å². The maximum Gasteiger partial charge on any atom is 0.407 e. The molecule has 0 spiro atoms. The number of alkyl carbamates (subject to hydrolysis) is 1. The highest BCUT2D eigenvalue weighted by molar-refractivity contribution is 6.33. The number of benzene rings is 3. The molecule has 0 unspecified atom stereocenters. The Kier molecular flexibility index (Phi) is 6.16. The first-order chi connectivity index (χ1) is 14.9. The summed E-state index contributed by atoms with van der Waals surface area (Å²) in [6, 6.07) is 19.6. The number of hydrogen-bond acceptors (Lipinski definition) is 3. The number of nitrogens with one attached hydrogen (secondary N) is 1. The summed E-state index contributed by atoms with van der Waals surface area (Å²) in [5.41, 5.74) is 4.92. The van der Waals surface area contributed by atoms with E-state index in [2.05, 4.69) is 5.32 Å². The number of halogens is 2. The number of ether oxygens (including phenoxy) is 1. The van der Waals surface area contributed by atoms with Crippen LogP contribution in [0.5, 0.6) is 0 Å². The molecule has 1 atom stereocenters. The summed E-state index contributed by atoms with van der Waals surface area (Å²) >= 11 is 12.1. The predicted molar refractivity (Wildman–Crippen MR) is 120 cm³/mol. The van der Waals surface area contributed by atoms with Crippen molar-refractivity contribution < 1.29 is 19.4 Å². The Labute approximate surface area is 189 Å². The van der Waals surface area contributed by atoms with E-state index in [0.29, 0.717) is 15.6 Å². The Morgan fingerprint density at radius 2 is 1.58 bits per heavy atom. The monoisotopic (exact) mass is 455 g/mol. The molecule has 158 valence electrons. The van der Waals surface area contributed by atoms with E-state index < -0.39 is 18.1 Å². The number of fused-ring (bicyclic) bond motifs is 3. The number of carboxylic acid groups (broad SMARTS) is 1. The van der Waals surface area contributed by atoms with Crippen LogP contribution >= 0.6 is 23.2 Å². The topological polar surface area (TPSA) is 75.6 Å². The zero-order valence-corrected chi connectivity index (χ0v) is 17.9. The second kappa shape index (κ2) is 9.00. The van der Waals surface area contributed by atoms with Gasteiger partial charge in [-0.2, -0.15) is 0 Å². The van der Waals surface area contributed by atoms with E-state index in [0.717, 1.165) is 22.3 Å². The molecule has 7 heteroatoms. The van der Waals surface area contributed by atoms with Crippen molar-refractivity contribution >= 4 is 35.3 Å². The molecule has 0 bridgehead atoms. The summed E-state index contributed by atoms with van der Waals surface area (Å²) in [6.45, 7) is 0.101. The third kappa shape index (κ3) is 4.53. The van der Waals surface area contributed by atoms with Gasteiger partial charge in [-0.15, -0.1) is 0 Å². The summed E-state index contributed by atoms with van der Waals surface area (Å²) < 4.78 is 5.44. The minimum Gasteiger partial charge on any atom is -0.480 e. The summed E-state index contributed by atoms with van der Waals surface area (Å²) in [4.78, 5) is 24.1. The van der Waals surface area contributed by atoms with Crippen LogP contribution in [-0.4, -0.2) is 29.8 Å². The van der Waals surface area contributed by atoms with Gasteiger partial charge in [0.15, 0.2) is 0 Å². The Bertz CT molecular complexity index is 1100. The van der Waals surface area contributed by atoms with Gasteiger partial charge in [0.2, 0.25) is 0 Å². The van der Waals surface area contributed by atoms with Crippen LogP contribution in [0.3, 0.4) is 0 Å². The molecule has 0 aromatic heterocycles. The van der Waals surface area contributed by atoms with E-state index in [1.54, 1.807) is 18.2 Å². The van der Waals surface area contributed by atoms with E-state index in [-0.39, 0.29) is 18.9 Å². The van der Waals surface area contributed by atoms with E-state index in [9.17, 15) is 14.7 Å². The zero-order chi connectivity index (χ0) is 22.0. The molecule has 0 aliphatic heterocycles. The van der Waals surface area contributed by atoms with Gasteiger partial charge in [0, 0.05) is 22.4 Å². The third-order valence-corrected chi connectivity index (χ3v) is 5.97. The molecule has 1 amide bonds. The van der Waals surface area contributed by atoms with Crippen molar-refractivity contribution in [1.82, 2.24) is 5.32 Å². The molecule has 0 fully saturated rings. The largest absolute Gasteiger partial charge is 0.480 e. The Morgan fingerprint density at radius 1 is 0.968 bits per heavy atom. The smallest absolute Gasteiger partial charge is 0.407 e. The molecule has 2 N–H and O–H groups in total. The first-order valence-electron chi connectivity index (χ1n) is 9.72. The highest BCUT2D eigenvalue weighted by Gasteiger charge is 2.30. The molecule has 0 radical (unpaired) electrons. The lowest BCUT2D eigenvalue weighted by Gasteiger charge is -2.18. The molecule has 3 aromatic carbocycles. The van der Waals surface area contributed by atoms with Crippen molar-refractivity contribution in [3.63, 3.8) is 0 Å². The van der Waals surface area contributed by atoms with Gasteiger partial charge in [-0.25, -0.2) is 9.59 Å². The van der Waals surface area contributed by atoms with Crippen LogP contribution in [0.1, 0.15) is 22.6 Å². The van der Waals surface area contributed by atoms with Crippen molar-refractivity contribution in [1.29, 1.82) is 0 Å². The number of amides is 1. The van der Waals surface area contributed by atoms with Gasteiger partial charge in [-0.05, 0) is 46.0 Å². The van der Waals surface area contributed by atoms with Crippen LogP contribution in [0.25, 0.3) is 11.1 Å². The number of carbonyl (C=O) groups is 2. The highest BCUT2D eigenvalue weighted by Crippen LogP contribution is 2.44. The first-order valence-corrected chi connectivity index (χ1v) is 10.5. The molecule has 0 saturated carbocycles. The molecule has 3 aromatic rings. The van der Waals surface area contributed by atoms with Crippen LogP contribution in [0.2, 0.25) is 10.0 Å². The maximum absolute atomic E-state index is 12.4. The van der Waals surface area contributed by atoms with Crippen molar-refractivity contribution in [2.24, 2.45) is 0 Å². The molecule has 1 aliphatic carbocycles. The molecule has 1 aliphatic rings. The average molecular weight is 456 g/mol. The van der Waals surface area contributed by atoms with Crippen molar-refractivity contribution in [3.8, 4) is 11.1 Å². The molecule has 0 saturated heterocycles. The minimum atomic E-state index is -1.20. The van der Waals surface area contributed by atoms with Gasteiger partial charge >= 0.3 is 12.1 Å². The van der Waals surface area contributed by atoms with Gasteiger partial charge in [0.1, 0.15) is 12.6 Å². The Hall–Kier alpha value is -3.02. The second-order valence-electron chi connectivity index (χ2n) is 7.30. The second-order valence-corrected chi connectivity index (χ2v) is 8.14. The van der Waals surface area contributed by atoms with E-state index in [4.69, 9.17) is 27.9 Å². The van der Waals surface area contributed by atoms with Gasteiger partial charge in [-0.1, -0.05) is 71.7 Å². The normalized spacial score (nSPS) is 13.2. The minimum absolute atomic E-state index is 0.0150. The average Bonchev–Trinajstić information content (AvgIpc) is 3.08. The number of rotatable bonds is 6. The molecule has 4 rings (SSSR count). The number of carbonyl (C=O) groups excluding carboxylic acids is 1. The Balaban J connectivity index is 1.45. The van der Waals surface area contributed by atoms with E-state index >= 15 is 0 Å². The van der Waals surface area contributed by atoms with Crippen molar-refractivity contribution in [2.45, 2.75) is 18.4 Å². The maximum atomic E-state index is 12.4. The Morgan fingerprint density at radius 3 is 2.19 bits per heavy atom.